The van der Waals surface area contributed by atoms with Gasteiger partial charge in [-0.3, -0.25) is 0 Å². The molecule has 0 aliphatic heterocycles. The SMILES string of the molecule is CNCc1ccc(OCCC2CC2)nc1. The molecule has 0 spiro atoms. The van der Waals surface area contributed by atoms with Gasteiger partial charge in [0.2, 0.25) is 5.88 Å². The molecular weight excluding hydrogens is 188 g/mol. The summed E-state index contributed by atoms with van der Waals surface area (Å²) in [6, 6.07) is 4.00. The third-order valence-corrected chi connectivity index (χ3v) is 2.65. The normalized spacial score (nSPS) is 15.3. The van der Waals surface area contributed by atoms with E-state index >= 15 is 0 Å². The van der Waals surface area contributed by atoms with Crippen molar-refractivity contribution in [3.05, 3.63) is 23.9 Å². The van der Waals surface area contributed by atoms with E-state index in [2.05, 4.69) is 16.4 Å². The molecule has 3 heteroatoms. The monoisotopic (exact) mass is 206 g/mol. The lowest BCUT2D eigenvalue weighted by Gasteiger charge is -2.05. The van der Waals surface area contributed by atoms with Crippen LogP contribution in [0.15, 0.2) is 18.3 Å². The molecule has 0 atom stereocenters. The molecule has 82 valence electrons. The van der Waals surface area contributed by atoms with Crippen molar-refractivity contribution in [3.63, 3.8) is 0 Å². The predicted octanol–water partition coefficient (Wildman–Crippen LogP) is 1.98. The lowest BCUT2D eigenvalue weighted by Crippen LogP contribution is -2.06. The molecule has 3 nitrogen and oxygen atoms in total. The van der Waals surface area contributed by atoms with Gasteiger partial charge in [-0.15, -0.1) is 0 Å². The topological polar surface area (TPSA) is 34.1 Å². The molecular formula is C12H18N2O. The highest BCUT2D eigenvalue weighted by Gasteiger charge is 2.20. The molecule has 1 fully saturated rings. The zero-order valence-electron chi connectivity index (χ0n) is 9.20. The van der Waals surface area contributed by atoms with Gasteiger partial charge in [0.15, 0.2) is 0 Å². The van der Waals surface area contributed by atoms with Gasteiger partial charge in [0.1, 0.15) is 0 Å². The second kappa shape index (κ2) is 5.12. The molecule has 1 N–H and O–H groups in total. The van der Waals surface area contributed by atoms with Gasteiger partial charge in [-0.1, -0.05) is 18.9 Å². The number of hydrogen-bond acceptors (Lipinski definition) is 3. The van der Waals surface area contributed by atoms with Crippen LogP contribution in [-0.4, -0.2) is 18.6 Å². The molecule has 15 heavy (non-hydrogen) atoms. The lowest BCUT2D eigenvalue weighted by molar-refractivity contribution is 0.291. The van der Waals surface area contributed by atoms with Gasteiger partial charge in [0.25, 0.3) is 0 Å². The first-order valence-corrected chi connectivity index (χ1v) is 5.61. The Balaban J connectivity index is 1.75. The van der Waals surface area contributed by atoms with E-state index in [-0.39, 0.29) is 0 Å². The average Bonchev–Trinajstić information content (AvgIpc) is 3.05. The summed E-state index contributed by atoms with van der Waals surface area (Å²) in [7, 11) is 1.93. The van der Waals surface area contributed by atoms with Crippen LogP contribution in [0.2, 0.25) is 0 Å². The van der Waals surface area contributed by atoms with E-state index in [0.29, 0.717) is 0 Å². The van der Waals surface area contributed by atoms with E-state index in [0.717, 1.165) is 24.9 Å². The highest BCUT2D eigenvalue weighted by Crippen LogP contribution is 2.32. The molecule has 0 saturated heterocycles. The highest BCUT2D eigenvalue weighted by atomic mass is 16.5. The number of ether oxygens (including phenoxy) is 1. The number of nitrogens with zero attached hydrogens (tertiary/aromatic N) is 1. The van der Waals surface area contributed by atoms with Crippen molar-refractivity contribution in [2.75, 3.05) is 13.7 Å². The zero-order valence-corrected chi connectivity index (χ0v) is 9.20. The van der Waals surface area contributed by atoms with Crippen LogP contribution in [0.5, 0.6) is 5.88 Å². The second-order valence-corrected chi connectivity index (χ2v) is 4.12. The molecule has 0 radical (unpaired) electrons. The minimum absolute atomic E-state index is 0.746. The van der Waals surface area contributed by atoms with Crippen LogP contribution in [-0.2, 0) is 6.54 Å². The highest BCUT2D eigenvalue weighted by molar-refractivity contribution is 5.17. The Morgan fingerprint density at radius 2 is 2.33 bits per heavy atom. The van der Waals surface area contributed by atoms with Crippen molar-refractivity contribution in [3.8, 4) is 5.88 Å². The maximum atomic E-state index is 5.56. The molecule has 0 aromatic carbocycles. The maximum Gasteiger partial charge on any atom is 0.213 e. The van der Waals surface area contributed by atoms with E-state index in [1.165, 1.54) is 24.8 Å². The number of hydrogen-bond donors (Lipinski definition) is 1. The fourth-order valence-electron chi connectivity index (χ4n) is 1.54. The number of aromatic nitrogens is 1. The summed E-state index contributed by atoms with van der Waals surface area (Å²) in [5.41, 5.74) is 1.19. The van der Waals surface area contributed by atoms with Crippen LogP contribution in [0.25, 0.3) is 0 Å². The van der Waals surface area contributed by atoms with Crippen LogP contribution in [0.1, 0.15) is 24.8 Å². The third kappa shape index (κ3) is 3.51. The molecule has 1 aliphatic carbocycles. The van der Waals surface area contributed by atoms with E-state index in [4.69, 9.17) is 4.74 Å². The van der Waals surface area contributed by atoms with E-state index in [9.17, 15) is 0 Å². The average molecular weight is 206 g/mol. The first-order valence-electron chi connectivity index (χ1n) is 5.61. The van der Waals surface area contributed by atoms with Crippen LogP contribution in [0.3, 0.4) is 0 Å². The molecule has 1 aromatic heterocycles. The molecule has 1 aromatic rings. The van der Waals surface area contributed by atoms with Crippen molar-refractivity contribution < 1.29 is 4.74 Å². The summed E-state index contributed by atoms with van der Waals surface area (Å²) in [5, 5.41) is 3.09. The Labute approximate surface area is 90.9 Å². The Bertz CT molecular complexity index is 293. The molecule has 1 saturated carbocycles. The molecule has 2 rings (SSSR count). The first kappa shape index (κ1) is 10.4. The zero-order chi connectivity index (χ0) is 10.5. The molecule has 1 heterocycles. The Morgan fingerprint density at radius 1 is 1.47 bits per heavy atom. The number of pyridine rings is 1. The summed E-state index contributed by atoms with van der Waals surface area (Å²) in [4.78, 5) is 4.25. The molecule has 0 amide bonds. The van der Waals surface area contributed by atoms with Crippen molar-refractivity contribution >= 4 is 0 Å². The summed E-state index contributed by atoms with van der Waals surface area (Å²) in [6.07, 6.45) is 5.82. The standard InChI is InChI=1S/C12H18N2O/c1-13-8-11-4-5-12(14-9-11)15-7-6-10-2-3-10/h4-5,9-10,13H,2-3,6-8H2,1H3. The Morgan fingerprint density at radius 3 is 2.93 bits per heavy atom. The van der Waals surface area contributed by atoms with Gasteiger partial charge in [-0.2, -0.15) is 0 Å². The van der Waals surface area contributed by atoms with E-state index in [1.54, 1.807) is 0 Å². The van der Waals surface area contributed by atoms with Crippen molar-refractivity contribution in [1.29, 1.82) is 0 Å². The van der Waals surface area contributed by atoms with E-state index < -0.39 is 0 Å². The summed E-state index contributed by atoms with van der Waals surface area (Å²) in [5.74, 6) is 1.67. The molecule has 0 bridgehead atoms. The lowest BCUT2D eigenvalue weighted by atomic mass is 10.3. The molecule has 0 unspecified atom stereocenters. The van der Waals surface area contributed by atoms with Crippen molar-refractivity contribution in [2.45, 2.75) is 25.8 Å². The van der Waals surface area contributed by atoms with E-state index in [1.807, 2.05) is 19.3 Å². The fourth-order valence-corrected chi connectivity index (χ4v) is 1.54. The van der Waals surface area contributed by atoms with Gasteiger partial charge >= 0.3 is 0 Å². The quantitative estimate of drug-likeness (QED) is 0.772. The minimum Gasteiger partial charge on any atom is -0.478 e. The maximum absolute atomic E-state index is 5.56. The largest absolute Gasteiger partial charge is 0.478 e. The summed E-state index contributed by atoms with van der Waals surface area (Å²) >= 11 is 0. The number of rotatable bonds is 6. The van der Waals surface area contributed by atoms with Gasteiger partial charge < -0.3 is 10.1 Å². The first-order chi connectivity index (χ1) is 7.38. The Kier molecular flexibility index (Phi) is 3.56. The minimum atomic E-state index is 0.746. The van der Waals surface area contributed by atoms with Crippen molar-refractivity contribution in [1.82, 2.24) is 10.3 Å². The van der Waals surface area contributed by atoms with Gasteiger partial charge in [-0.05, 0) is 24.9 Å². The Hall–Kier alpha value is -1.09. The van der Waals surface area contributed by atoms with Crippen molar-refractivity contribution in [2.24, 2.45) is 5.92 Å². The fraction of sp³-hybridized carbons (Fsp3) is 0.583. The van der Waals surface area contributed by atoms with Crippen LogP contribution >= 0.6 is 0 Å². The van der Waals surface area contributed by atoms with Gasteiger partial charge in [0, 0.05) is 18.8 Å². The summed E-state index contributed by atoms with van der Waals surface area (Å²) < 4.78 is 5.56. The molecule has 1 aliphatic rings. The summed E-state index contributed by atoms with van der Waals surface area (Å²) in [6.45, 7) is 1.67. The second-order valence-electron chi connectivity index (χ2n) is 4.12. The van der Waals surface area contributed by atoms with Crippen LogP contribution in [0, 0.1) is 5.92 Å². The predicted molar refractivity (Wildman–Crippen MR) is 59.8 cm³/mol. The third-order valence-electron chi connectivity index (χ3n) is 2.65. The van der Waals surface area contributed by atoms with Crippen LogP contribution < -0.4 is 10.1 Å². The van der Waals surface area contributed by atoms with Gasteiger partial charge in [-0.25, -0.2) is 4.98 Å². The number of nitrogens with one attached hydrogen (secondary N) is 1. The van der Waals surface area contributed by atoms with Gasteiger partial charge in [0.05, 0.1) is 6.61 Å². The van der Waals surface area contributed by atoms with Crippen LogP contribution in [0.4, 0.5) is 0 Å². The smallest absolute Gasteiger partial charge is 0.213 e.